The van der Waals surface area contributed by atoms with Crippen molar-refractivity contribution in [1.29, 1.82) is 0 Å². The number of carboxylic acids is 1. The summed E-state index contributed by atoms with van der Waals surface area (Å²) < 4.78 is 47.7. The van der Waals surface area contributed by atoms with Crippen LogP contribution in [0.1, 0.15) is 17.3 Å². The molecular weight excluding hydrogens is 473 g/mol. The van der Waals surface area contributed by atoms with Gasteiger partial charge < -0.3 is 19.5 Å². The Kier molecular flexibility index (Phi) is 6.03. The Bertz CT molecular complexity index is 1370. The van der Waals surface area contributed by atoms with Crippen molar-refractivity contribution in [1.82, 2.24) is 13.8 Å². The number of aryl methyl sites for hydroxylation is 1. The molecule has 1 aromatic heterocycles. The van der Waals surface area contributed by atoms with Gasteiger partial charge in [-0.15, -0.1) is 0 Å². The monoisotopic (exact) mass is 495 g/mol. The third kappa shape index (κ3) is 4.21. The number of piperazine rings is 1. The molecule has 1 aromatic carbocycles. The molecule has 2 aromatic rings. The molecule has 1 amide bonds. The van der Waals surface area contributed by atoms with Crippen LogP contribution in [0.3, 0.4) is 0 Å². The van der Waals surface area contributed by atoms with Crippen molar-refractivity contribution in [3.05, 3.63) is 39.9 Å². The highest BCUT2D eigenvalue weighted by Crippen LogP contribution is 2.26. The predicted molar refractivity (Wildman–Crippen MR) is 120 cm³/mol. The van der Waals surface area contributed by atoms with E-state index in [1.54, 1.807) is 27.4 Å². The number of β-lactam (4-membered cyclic amide) rings is 1. The van der Waals surface area contributed by atoms with Gasteiger partial charge in [-0.2, -0.15) is 8.42 Å². The number of aliphatic imine (C=N–C) groups is 1. The zero-order chi connectivity index (χ0) is 24.8. The van der Waals surface area contributed by atoms with E-state index in [0.29, 0.717) is 42.5 Å². The van der Waals surface area contributed by atoms with Crippen molar-refractivity contribution in [2.75, 3.05) is 37.6 Å². The molecule has 1 atom stereocenters. The number of aromatic carboxylic acids is 1. The van der Waals surface area contributed by atoms with E-state index in [2.05, 4.69) is 4.99 Å². The smallest absolute Gasteiger partial charge is 0.362 e. The SMILES string of the molecule is CCn1cc(C(=O)O)c(=O)c2cc(F)c(N3CCN(C=N[C@H]4CN(S(=O)(=O)O)C4=O)CC3)cc21. The van der Waals surface area contributed by atoms with Crippen molar-refractivity contribution >= 4 is 45.1 Å². The lowest BCUT2D eigenvalue weighted by Gasteiger charge is -2.36. The summed E-state index contributed by atoms with van der Waals surface area (Å²) in [7, 11) is -4.56. The molecule has 3 heterocycles. The Hall–Kier alpha value is -3.52. The number of hydrogen-bond donors (Lipinski definition) is 2. The minimum atomic E-state index is -4.56. The number of carboxylic acid groups (broad SMARTS) is 1. The average Bonchev–Trinajstić information content (AvgIpc) is 2.77. The normalized spacial score (nSPS) is 19.2. The molecule has 182 valence electrons. The number of halogens is 1. The second kappa shape index (κ2) is 8.68. The Morgan fingerprint density at radius 1 is 1.24 bits per heavy atom. The number of hydrogen-bond acceptors (Lipinski definition) is 7. The maximum atomic E-state index is 14.9. The first-order valence-corrected chi connectivity index (χ1v) is 11.8. The Morgan fingerprint density at radius 3 is 2.47 bits per heavy atom. The van der Waals surface area contributed by atoms with E-state index in [-0.39, 0.29) is 17.6 Å². The third-order valence-electron chi connectivity index (χ3n) is 5.93. The van der Waals surface area contributed by atoms with Crippen LogP contribution < -0.4 is 10.3 Å². The molecule has 4 rings (SSSR count). The molecular formula is C20H22FN5O7S. The fourth-order valence-corrected chi connectivity index (χ4v) is 4.69. The molecule has 2 aliphatic rings. The van der Waals surface area contributed by atoms with Crippen molar-refractivity contribution in [2.45, 2.75) is 19.5 Å². The van der Waals surface area contributed by atoms with Crippen LogP contribution in [0.4, 0.5) is 10.1 Å². The van der Waals surface area contributed by atoms with E-state index in [0.717, 1.165) is 6.07 Å². The average molecular weight is 495 g/mol. The maximum absolute atomic E-state index is 14.9. The first kappa shape index (κ1) is 23.6. The summed E-state index contributed by atoms with van der Waals surface area (Å²) in [6, 6.07) is 1.74. The van der Waals surface area contributed by atoms with Crippen LogP contribution >= 0.6 is 0 Å². The van der Waals surface area contributed by atoms with Gasteiger partial charge in [0.25, 0.3) is 5.91 Å². The largest absolute Gasteiger partial charge is 0.477 e. The maximum Gasteiger partial charge on any atom is 0.362 e. The number of amides is 1. The van der Waals surface area contributed by atoms with Gasteiger partial charge in [-0.05, 0) is 19.1 Å². The highest BCUT2D eigenvalue weighted by atomic mass is 32.2. The van der Waals surface area contributed by atoms with Crippen molar-refractivity contribution < 1.29 is 32.1 Å². The van der Waals surface area contributed by atoms with E-state index in [1.165, 1.54) is 12.5 Å². The number of rotatable bonds is 6. The number of pyridine rings is 1. The Balaban J connectivity index is 1.49. The quantitative estimate of drug-likeness (QED) is 0.244. The first-order valence-electron chi connectivity index (χ1n) is 10.4. The summed E-state index contributed by atoms with van der Waals surface area (Å²) in [5.74, 6) is -2.81. The molecule has 0 saturated carbocycles. The van der Waals surface area contributed by atoms with Crippen LogP contribution in [0.25, 0.3) is 10.9 Å². The number of anilines is 1. The zero-order valence-electron chi connectivity index (χ0n) is 18.1. The fraction of sp³-hybridized carbons (Fsp3) is 0.400. The molecule has 14 heteroatoms. The number of carbonyl (C=O) groups excluding carboxylic acids is 1. The number of benzene rings is 1. The van der Waals surface area contributed by atoms with Crippen LogP contribution in [0.5, 0.6) is 0 Å². The summed E-state index contributed by atoms with van der Waals surface area (Å²) in [5.41, 5.74) is -0.438. The van der Waals surface area contributed by atoms with Gasteiger partial charge in [-0.1, -0.05) is 0 Å². The van der Waals surface area contributed by atoms with Crippen molar-refractivity contribution in [2.24, 2.45) is 4.99 Å². The lowest BCUT2D eigenvalue weighted by molar-refractivity contribution is -0.135. The molecule has 2 saturated heterocycles. The molecule has 2 aliphatic heterocycles. The molecule has 2 fully saturated rings. The second-order valence-corrected chi connectivity index (χ2v) is 9.27. The topological polar surface area (TPSA) is 153 Å². The lowest BCUT2D eigenvalue weighted by atomic mass is 10.1. The van der Waals surface area contributed by atoms with Gasteiger partial charge in [0.1, 0.15) is 11.4 Å². The number of nitrogens with zero attached hydrogens (tertiary/aromatic N) is 5. The van der Waals surface area contributed by atoms with Gasteiger partial charge in [0, 0.05) is 44.3 Å². The molecule has 34 heavy (non-hydrogen) atoms. The van der Waals surface area contributed by atoms with Gasteiger partial charge in [0.05, 0.1) is 24.1 Å². The van der Waals surface area contributed by atoms with E-state index >= 15 is 0 Å². The summed E-state index contributed by atoms with van der Waals surface area (Å²) in [4.78, 5) is 43.3. The van der Waals surface area contributed by atoms with Crippen LogP contribution in [0.2, 0.25) is 0 Å². The van der Waals surface area contributed by atoms with E-state index in [1.807, 2.05) is 0 Å². The van der Waals surface area contributed by atoms with Crippen LogP contribution in [0.15, 0.2) is 28.1 Å². The van der Waals surface area contributed by atoms with Gasteiger partial charge in [-0.25, -0.2) is 13.5 Å². The predicted octanol–water partition coefficient (Wildman–Crippen LogP) is 0.0226. The Labute approximate surface area is 193 Å². The lowest BCUT2D eigenvalue weighted by Crippen LogP contribution is -2.58. The van der Waals surface area contributed by atoms with E-state index < -0.39 is 45.0 Å². The summed E-state index contributed by atoms with van der Waals surface area (Å²) in [5, 5.41) is 9.27. The van der Waals surface area contributed by atoms with Crippen LogP contribution in [0, 0.1) is 5.82 Å². The second-order valence-electron chi connectivity index (χ2n) is 7.93. The van der Waals surface area contributed by atoms with Crippen LogP contribution in [-0.4, -0.2) is 88.8 Å². The van der Waals surface area contributed by atoms with Gasteiger partial charge >= 0.3 is 16.3 Å². The van der Waals surface area contributed by atoms with Crippen molar-refractivity contribution in [3.63, 3.8) is 0 Å². The van der Waals surface area contributed by atoms with Gasteiger partial charge in [0.2, 0.25) is 5.43 Å². The van der Waals surface area contributed by atoms with Gasteiger partial charge in [0.15, 0.2) is 6.04 Å². The number of fused-ring (bicyclic) bond motifs is 1. The van der Waals surface area contributed by atoms with Gasteiger partial charge in [-0.3, -0.25) is 19.1 Å². The summed E-state index contributed by atoms with van der Waals surface area (Å²) in [6.07, 6.45) is 2.70. The minimum Gasteiger partial charge on any atom is -0.477 e. The Morgan fingerprint density at radius 2 is 1.91 bits per heavy atom. The van der Waals surface area contributed by atoms with E-state index in [9.17, 15) is 32.3 Å². The molecule has 12 nitrogen and oxygen atoms in total. The molecule has 0 bridgehead atoms. The van der Waals surface area contributed by atoms with Crippen molar-refractivity contribution in [3.8, 4) is 0 Å². The number of carbonyl (C=O) groups is 2. The molecule has 0 spiro atoms. The zero-order valence-corrected chi connectivity index (χ0v) is 18.9. The molecule has 0 radical (unpaired) electrons. The standard InChI is InChI=1S/C20H22FN5O7S/c1-2-24-9-13(20(29)30)18(27)12-7-14(21)17(8-16(12)24)25-5-3-23(4-6-25)11-22-15-10-26(19(15)28)34(31,32)33/h7-9,11,15H,2-6,10H2,1H3,(H,29,30)(H,31,32,33)/t15-/m0/s1. The summed E-state index contributed by atoms with van der Waals surface area (Å²) >= 11 is 0. The minimum absolute atomic E-state index is 0.00197. The van der Waals surface area contributed by atoms with Crippen LogP contribution in [-0.2, 0) is 21.6 Å². The third-order valence-corrected chi connectivity index (χ3v) is 6.82. The molecule has 0 aliphatic carbocycles. The highest BCUT2D eigenvalue weighted by molar-refractivity contribution is 7.84. The summed E-state index contributed by atoms with van der Waals surface area (Å²) in [6.45, 7) is 3.67. The fourth-order valence-electron chi connectivity index (χ4n) is 4.01. The first-order chi connectivity index (χ1) is 16.0. The molecule has 2 N–H and O–H groups in total. The van der Waals surface area contributed by atoms with E-state index in [4.69, 9.17) is 4.55 Å². The number of aromatic nitrogens is 1. The molecule has 0 unspecified atom stereocenters. The highest BCUT2D eigenvalue weighted by Gasteiger charge is 2.43.